The minimum atomic E-state index is -0.177. The Morgan fingerprint density at radius 1 is 1.64 bits per heavy atom. The molecule has 0 aromatic carbocycles. The van der Waals surface area contributed by atoms with Crippen LogP contribution in [0.4, 0.5) is 5.82 Å². The second-order valence-corrected chi connectivity index (χ2v) is 4.99. The first-order valence-corrected chi connectivity index (χ1v) is 5.41. The predicted octanol–water partition coefficient (Wildman–Crippen LogP) is 2.65. The first kappa shape index (κ1) is 11.8. The molecule has 0 radical (unpaired) electrons. The first-order valence-electron chi connectivity index (χ1n) is 4.24. The van der Waals surface area contributed by atoms with Gasteiger partial charge in [-0.15, -0.1) is 0 Å². The summed E-state index contributed by atoms with van der Waals surface area (Å²) in [5.74, 6) is 0.754. The number of nitrogens with two attached hydrogens (primary N) is 1. The molecule has 0 saturated carbocycles. The van der Waals surface area contributed by atoms with E-state index in [-0.39, 0.29) is 5.54 Å². The second-order valence-electron chi connectivity index (χ2n) is 3.70. The highest BCUT2D eigenvalue weighted by atomic mass is 79.9. The molecule has 1 aromatic rings. The van der Waals surface area contributed by atoms with Gasteiger partial charge in [0.2, 0.25) is 0 Å². The summed E-state index contributed by atoms with van der Waals surface area (Å²) in [4.78, 5) is 4.17. The SMILES string of the molecule is CC(C)(CN)Nc1ncc(Cl)cc1Br. The van der Waals surface area contributed by atoms with Crippen LogP contribution in [-0.2, 0) is 0 Å². The third-order valence-electron chi connectivity index (χ3n) is 1.77. The molecule has 14 heavy (non-hydrogen) atoms. The lowest BCUT2D eigenvalue weighted by Crippen LogP contribution is -2.39. The zero-order chi connectivity index (χ0) is 10.8. The van der Waals surface area contributed by atoms with E-state index in [1.165, 1.54) is 0 Å². The lowest BCUT2D eigenvalue weighted by Gasteiger charge is -2.25. The molecule has 1 aromatic heterocycles. The van der Waals surface area contributed by atoms with Crippen LogP contribution in [-0.4, -0.2) is 17.1 Å². The van der Waals surface area contributed by atoms with Crippen LogP contribution in [0, 0.1) is 0 Å². The zero-order valence-corrected chi connectivity index (χ0v) is 10.5. The van der Waals surface area contributed by atoms with Crippen LogP contribution in [0.5, 0.6) is 0 Å². The summed E-state index contributed by atoms with van der Waals surface area (Å²) in [6.45, 7) is 4.55. The number of hydrogen-bond acceptors (Lipinski definition) is 3. The Labute approximate surface area is 97.2 Å². The maximum Gasteiger partial charge on any atom is 0.140 e. The van der Waals surface area contributed by atoms with Gasteiger partial charge in [-0.25, -0.2) is 4.98 Å². The summed E-state index contributed by atoms with van der Waals surface area (Å²) in [7, 11) is 0. The molecule has 1 heterocycles. The normalized spacial score (nSPS) is 11.5. The molecule has 0 fully saturated rings. The van der Waals surface area contributed by atoms with Crippen molar-refractivity contribution in [2.45, 2.75) is 19.4 Å². The summed E-state index contributed by atoms with van der Waals surface area (Å²) in [6.07, 6.45) is 1.60. The smallest absolute Gasteiger partial charge is 0.140 e. The quantitative estimate of drug-likeness (QED) is 0.894. The second kappa shape index (κ2) is 4.47. The van der Waals surface area contributed by atoms with E-state index < -0.39 is 0 Å². The van der Waals surface area contributed by atoms with Gasteiger partial charge in [0.05, 0.1) is 9.50 Å². The molecule has 0 spiro atoms. The molecular formula is C9H13BrClN3. The fourth-order valence-electron chi connectivity index (χ4n) is 0.878. The van der Waals surface area contributed by atoms with E-state index >= 15 is 0 Å². The highest BCUT2D eigenvalue weighted by molar-refractivity contribution is 9.10. The van der Waals surface area contributed by atoms with E-state index in [0.29, 0.717) is 11.6 Å². The van der Waals surface area contributed by atoms with Gasteiger partial charge in [0.15, 0.2) is 0 Å². The summed E-state index contributed by atoms with van der Waals surface area (Å²) < 4.78 is 0.839. The van der Waals surface area contributed by atoms with Gasteiger partial charge in [-0.2, -0.15) is 0 Å². The maximum absolute atomic E-state index is 5.78. The van der Waals surface area contributed by atoms with Gasteiger partial charge in [0.25, 0.3) is 0 Å². The topological polar surface area (TPSA) is 50.9 Å². The summed E-state index contributed by atoms with van der Waals surface area (Å²) in [5, 5.41) is 3.83. The van der Waals surface area contributed by atoms with Gasteiger partial charge in [-0.3, -0.25) is 0 Å². The summed E-state index contributed by atoms with van der Waals surface area (Å²) >= 11 is 9.16. The van der Waals surface area contributed by atoms with Gasteiger partial charge < -0.3 is 11.1 Å². The fourth-order valence-corrected chi connectivity index (χ4v) is 1.62. The molecule has 3 nitrogen and oxygen atoms in total. The van der Waals surface area contributed by atoms with Crippen LogP contribution in [0.15, 0.2) is 16.7 Å². The summed E-state index contributed by atoms with van der Waals surface area (Å²) in [5.41, 5.74) is 5.43. The fraction of sp³-hybridized carbons (Fsp3) is 0.444. The Hall–Kier alpha value is -0.320. The van der Waals surface area contributed by atoms with E-state index in [1.54, 1.807) is 12.3 Å². The number of hydrogen-bond donors (Lipinski definition) is 2. The van der Waals surface area contributed by atoms with E-state index in [0.717, 1.165) is 10.3 Å². The van der Waals surface area contributed by atoms with E-state index in [9.17, 15) is 0 Å². The Morgan fingerprint density at radius 3 is 2.79 bits per heavy atom. The number of pyridine rings is 1. The van der Waals surface area contributed by atoms with Crippen LogP contribution in [0.25, 0.3) is 0 Å². The standard InChI is InChI=1S/C9H13BrClN3/c1-9(2,5-12)14-8-7(10)3-6(11)4-13-8/h3-4H,5,12H2,1-2H3,(H,13,14). The van der Waals surface area contributed by atoms with Crippen molar-refractivity contribution in [2.75, 3.05) is 11.9 Å². The van der Waals surface area contributed by atoms with Crippen molar-refractivity contribution in [3.05, 3.63) is 21.8 Å². The molecule has 0 bridgehead atoms. The van der Waals surface area contributed by atoms with Gasteiger partial charge >= 0.3 is 0 Å². The lowest BCUT2D eigenvalue weighted by molar-refractivity contribution is 0.577. The van der Waals surface area contributed by atoms with Crippen LogP contribution in [0.3, 0.4) is 0 Å². The van der Waals surface area contributed by atoms with Crippen molar-refractivity contribution in [1.29, 1.82) is 0 Å². The van der Waals surface area contributed by atoms with Crippen molar-refractivity contribution in [3.63, 3.8) is 0 Å². The van der Waals surface area contributed by atoms with Gasteiger partial charge in [0, 0.05) is 18.3 Å². The molecule has 0 atom stereocenters. The third kappa shape index (κ3) is 3.12. The van der Waals surface area contributed by atoms with E-state index in [1.807, 2.05) is 13.8 Å². The molecule has 0 aliphatic heterocycles. The van der Waals surface area contributed by atoms with Crippen molar-refractivity contribution < 1.29 is 0 Å². The molecule has 0 aliphatic rings. The number of rotatable bonds is 3. The van der Waals surface area contributed by atoms with Gasteiger partial charge in [-0.05, 0) is 35.8 Å². The minimum absolute atomic E-state index is 0.177. The first-order chi connectivity index (χ1) is 6.44. The zero-order valence-electron chi connectivity index (χ0n) is 8.14. The molecule has 1 rings (SSSR count). The molecular weight excluding hydrogens is 265 g/mol. The highest BCUT2D eigenvalue weighted by Crippen LogP contribution is 2.25. The van der Waals surface area contributed by atoms with Gasteiger partial charge in [0.1, 0.15) is 5.82 Å². The Kier molecular flexibility index (Phi) is 3.75. The molecule has 0 aliphatic carbocycles. The van der Waals surface area contributed by atoms with Crippen molar-refractivity contribution in [1.82, 2.24) is 4.98 Å². The monoisotopic (exact) mass is 277 g/mol. The lowest BCUT2D eigenvalue weighted by atomic mass is 10.1. The van der Waals surface area contributed by atoms with Gasteiger partial charge in [-0.1, -0.05) is 11.6 Å². The van der Waals surface area contributed by atoms with E-state index in [2.05, 4.69) is 26.2 Å². The van der Waals surface area contributed by atoms with Crippen LogP contribution < -0.4 is 11.1 Å². The highest BCUT2D eigenvalue weighted by Gasteiger charge is 2.16. The van der Waals surface area contributed by atoms with Crippen molar-refractivity contribution >= 4 is 33.3 Å². The van der Waals surface area contributed by atoms with Crippen LogP contribution in [0.2, 0.25) is 5.02 Å². The number of aromatic nitrogens is 1. The molecule has 5 heteroatoms. The molecule has 78 valence electrons. The van der Waals surface area contributed by atoms with Crippen molar-refractivity contribution in [3.8, 4) is 0 Å². The third-order valence-corrected chi connectivity index (χ3v) is 2.59. The summed E-state index contributed by atoms with van der Waals surface area (Å²) in [6, 6.07) is 1.80. The Morgan fingerprint density at radius 2 is 2.29 bits per heavy atom. The molecule has 0 saturated heterocycles. The maximum atomic E-state index is 5.78. The minimum Gasteiger partial charge on any atom is -0.363 e. The molecule has 0 amide bonds. The number of nitrogens with one attached hydrogen (secondary N) is 1. The van der Waals surface area contributed by atoms with E-state index in [4.69, 9.17) is 17.3 Å². The number of anilines is 1. The largest absolute Gasteiger partial charge is 0.363 e. The number of nitrogens with zero attached hydrogens (tertiary/aromatic N) is 1. The molecule has 0 unspecified atom stereocenters. The average Bonchev–Trinajstić information content (AvgIpc) is 2.10. The molecule has 3 N–H and O–H groups in total. The van der Waals surface area contributed by atoms with Crippen molar-refractivity contribution in [2.24, 2.45) is 5.73 Å². The predicted molar refractivity (Wildman–Crippen MR) is 63.7 cm³/mol. The Balaban J connectivity index is 2.87. The Bertz CT molecular complexity index is 328. The number of halogens is 2. The average molecular weight is 279 g/mol. The van der Waals surface area contributed by atoms with Crippen LogP contribution >= 0.6 is 27.5 Å². The van der Waals surface area contributed by atoms with Crippen LogP contribution in [0.1, 0.15) is 13.8 Å².